The van der Waals surface area contributed by atoms with E-state index < -0.39 is 0 Å². The van der Waals surface area contributed by atoms with Crippen LogP contribution >= 0.6 is 0 Å². The van der Waals surface area contributed by atoms with Gasteiger partial charge in [0.1, 0.15) is 0 Å². The van der Waals surface area contributed by atoms with Crippen LogP contribution in [-0.4, -0.2) is 61.5 Å². The Balaban J connectivity index is 2.21. The Morgan fingerprint density at radius 1 is 1.16 bits per heavy atom. The molecule has 1 heterocycles. The molecule has 1 fully saturated rings. The van der Waals surface area contributed by atoms with Gasteiger partial charge in [-0.2, -0.15) is 0 Å². The molecule has 0 aromatic heterocycles. The Morgan fingerprint density at radius 3 is 2.58 bits per heavy atom. The highest BCUT2D eigenvalue weighted by Crippen LogP contribution is 1.97. The van der Waals surface area contributed by atoms with Gasteiger partial charge in [-0.3, -0.25) is 14.5 Å². The minimum atomic E-state index is -0.266. The molecular formula is C13H26N4O2. The van der Waals surface area contributed by atoms with Gasteiger partial charge < -0.3 is 16.0 Å². The summed E-state index contributed by atoms with van der Waals surface area (Å²) in [7, 11) is 0. The lowest BCUT2D eigenvalue weighted by Crippen LogP contribution is -2.47. The van der Waals surface area contributed by atoms with Crippen molar-refractivity contribution in [2.24, 2.45) is 0 Å². The second kappa shape index (κ2) is 7.45. The predicted molar refractivity (Wildman–Crippen MR) is 74.8 cm³/mol. The van der Waals surface area contributed by atoms with Crippen molar-refractivity contribution in [2.45, 2.75) is 32.7 Å². The summed E-state index contributed by atoms with van der Waals surface area (Å²) < 4.78 is 0. The van der Waals surface area contributed by atoms with E-state index in [0.717, 1.165) is 32.6 Å². The van der Waals surface area contributed by atoms with Gasteiger partial charge in [0.15, 0.2) is 0 Å². The van der Waals surface area contributed by atoms with E-state index >= 15 is 0 Å². The van der Waals surface area contributed by atoms with E-state index in [2.05, 4.69) is 20.9 Å². The van der Waals surface area contributed by atoms with Crippen LogP contribution in [0.3, 0.4) is 0 Å². The van der Waals surface area contributed by atoms with Crippen molar-refractivity contribution in [1.29, 1.82) is 0 Å². The van der Waals surface area contributed by atoms with Crippen molar-refractivity contribution < 1.29 is 9.59 Å². The van der Waals surface area contributed by atoms with Crippen molar-refractivity contribution in [1.82, 2.24) is 20.9 Å². The summed E-state index contributed by atoms with van der Waals surface area (Å²) in [6.45, 7) is 9.87. The van der Waals surface area contributed by atoms with Crippen molar-refractivity contribution in [3.05, 3.63) is 0 Å². The summed E-state index contributed by atoms with van der Waals surface area (Å²) >= 11 is 0. The number of nitrogens with one attached hydrogen (secondary N) is 3. The fourth-order valence-electron chi connectivity index (χ4n) is 1.96. The van der Waals surface area contributed by atoms with Crippen LogP contribution in [0.1, 0.15) is 27.2 Å². The predicted octanol–water partition coefficient (Wildman–Crippen LogP) is -0.687. The van der Waals surface area contributed by atoms with Gasteiger partial charge in [0.2, 0.25) is 11.8 Å². The number of hydrogen-bond donors (Lipinski definition) is 3. The zero-order valence-corrected chi connectivity index (χ0v) is 12.2. The fourth-order valence-corrected chi connectivity index (χ4v) is 1.96. The van der Waals surface area contributed by atoms with Crippen molar-refractivity contribution in [2.75, 3.05) is 39.3 Å². The van der Waals surface area contributed by atoms with Gasteiger partial charge in [-0.1, -0.05) is 0 Å². The molecule has 1 rings (SSSR count). The topological polar surface area (TPSA) is 73.5 Å². The third kappa shape index (κ3) is 7.79. The third-order valence-corrected chi connectivity index (χ3v) is 2.76. The number of carbonyl (C=O) groups excluding carboxylic acids is 2. The first kappa shape index (κ1) is 15.9. The first-order chi connectivity index (χ1) is 8.87. The Bertz CT molecular complexity index is 304. The third-order valence-electron chi connectivity index (χ3n) is 2.76. The Morgan fingerprint density at radius 2 is 1.89 bits per heavy atom. The smallest absolute Gasteiger partial charge is 0.239 e. The van der Waals surface area contributed by atoms with E-state index in [1.165, 1.54) is 0 Å². The maximum atomic E-state index is 11.7. The zero-order chi connectivity index (χ0) is 14.3. The summed E-state index contributed by atoms with van der Waals surface area (Å²) in [5.41, 5.74) is -0.266. The number of nitrogens with zero attached hydrogens (tertiary/aromatic N) is 1. The van der Waals surface area contributed by atoms with E-state index in [1.807, 2.05) is 20.8 Å². The fraction of sp³-hybridized carbons (Fsp3) is 0.846. The highest BCUT2D eigenvalue weighted by Gasteiger charge is 2.16. The van der Waals surface area contributed by atoms with Gasteiger partial charge in [-0.25, -0.2) is 0 Å². The molecule has 0 aromatic carbocycles. The zero-order valence-electron chi connectivity index (χ0n) is 12.2. The molecular weight excluding hydrogens is 244 g/mol. The lowest BCUT2D eigenvalue weighted by atomic mass is 10.1. The molecule has 0 bridgehead atoms. The molecule has 0 aromatic rings. The molecule has 0 saturated carbocycles. The summed E-state index contributed by atoms with van der Waals surface area (Å²) in [6, 6.07) is 0. The minimum Gasteiger partial charge on any atom is -0.350 e. The molecule has 0 radical (unpaired) electrons. The Kier molecular flexibility index (Phi) is 6.24. The summed E-state index contributed by atoms with van der Waals surface area (Å²) in [6.07, 6.45) is 1.05. The maximum absolute atomic E-state index is 11.7. The van der Waals surface area contributed by atoms with Crippen LogP contribution in [-0.2, 0) is 9.59 Å². The highest BCUT2D eigenvalue weighted by atomic mass is 16.2. The molecule has 2 amide bonds. The van der Waals surface area contributed by atoms with Crippen LogP contribution in [0.2, 0.25) is 0 Å². The molecule has 1 aliphatic rings. The quantitative estimate of drug-likeness (QED) is 0.632. The van der Waals surface area contributed by atoms with Gasteiger partial charge in [0.25, 0.3) is 0 Å². The maximum Gasteiger partial charge on any atom is 0.239 e. The van der Waals surface area contributed by atoms with Gasteiger partial charge >= 0.3 is 0 Å². The van der Waals surface area contributed by atoms with E-state index in [1.54, 1.807) is 0 Å². The average Bonchev–Trinajstić information content (AvgIpc) is 2.53. The number of carbonyl (C=O) groups is 2. The molecule has 0 spiro atoms. The summed E-state index contributed by atoms with van der Waals surface area (Å²) in [5.74, 6) is -0.246. The largest absolute Gasteiger partial charge is 0.350 e. The normalized spacial score (nSPS) is 17.6. The molecule has 1 saturated heterocycles. The van der Waals surface area contributed by atoms with Crippen molar-refractivity contribution >= 4 is 11.8 Å². The van der Waals surface area contributed by atoms with E-state index in [0.29, 0.717) is 6.54 Å². The number of amides is 2. The summed E-state index contributed by atoms with van der Waals surface area (Å²) in [4.78, 5) is 25.4. The molecule has 6 heteroatoms. The average molecular weight is 270 g/mol. The molecule has 6 nitrogen and oxygen atoms in total. The molecule has 0 unspecified atom stereocenters. The van der Waals surface area contributed by atoms with Crippen molar-refractivity contribution in [3.8, 4) is 0 Å². The van der Waals surface area contributed by atoms with Gasteiger partial charge in [-0.05, 0) is 40.3 Å². The second-order valence-electron chi connectivity index (χ2n) is 5.95. The number of hydrogen-bond acceptors (Lipinski definition) is 4. The standard InChI is InChI=1S/C13H26N4O2/c1-13(2,3)16-11(18)9-15-12(19)10-17-7-4-5-14-6-8-17/h14H,4-10H2,1-3H3,(H,15,19)(H,16,18). The van der Waals surface area contributed by atoms with Crippen LogP contribution in [0.25, 0.3) is 0 Å². The van der Waals surface area contributed by atoms with Crippen LogP contribution in [0, 0.1) is 0 Å². The molecule has 110 valence electrons. The summed E-state index contributed by atoms with van der Waals surface area (Å²) in [5, 5.41) is 8.76. The van der Waals surface area contributed by atoms with Crippen LogP contribution in [0.4, 0.5) is 0 Å². The van der Waals surface area contributed by atoms with E-state index in [9.17, 15) is 9.59 Å². The SMILES string of the molecule is CC(C)(C)NC(=O)CNC(=O)CN1CCCNCC1. The molecule has 0 aliphatic carbocycles. The molecule has 1 aliphatic heterocycles. The minimum absolute atomic E-state index is 0.0438. The van der Waals surface area contributed by atoms with Gasteiger partial charge in [0, 0.05) is 18.6 Å². The second-order valence-corrected chi connectivity index (χ2v) is 5.95. The van der Waals surface area contributed by atoms with Crippen molar-refractivity contribution in [3.63, 3.8) is 0 Å². The molecule has 19 heavy (non-hydrogen) atoms. The highest BCUT2D eigenvalue weighted by molar-refractivity contribution is 5.85. The van der Waals surface area contributed by atoms with Crippen LogP contribution < -0.4 is 16.0 Å². The lowest BCUT2D eigenvalue weighted by Gasteiger charge is -2.21. The first-order valence-electron chi connectivity index (χ1n) is 6.87. The Labute approximate surface area is 115 Å². The Hall–Kier alpha value is -1.14. The van der Waals surface area contributed by atoms with Crippen LogP contribution in [0.15, 0.2) is 0 Å². The molecule has 3 N–H and O–H groups in total. The molecule has 0 atom stereocenters. The monoisotopic (exact) mass is 270 g/mol. The van der Waals surface area contributed by atoms with E-state index in [4.69, 9.17) is 0 Å². The van der Waals surface area contributed by atoms with E-state index in [-0.39, 0.29) is 23.9 Å². The van der Waals surface area contributed by atoms with Crippen LogP contribution in [0.5, 0.6) is 0 Å². The van der Waals surface area contributed by atoms with Gasteiger partial charge in [-0.15, -0.1) is 0 Å². The number of rotatable bonds is 4. The lowest BCUT2D eigenvalue weighted by molar-refractivity contribution is -0.127. The van der Waals surface area contributed by atoms with Gasteiger partial charge in [0.05, 0.1) is 13.1 Å². The first-order valence-corrected chi connectivity index (χ1v) is 6.87.